The molecule has 0 aromatic heterocycles. The van der Waals surface area contributed by atoms with Crippen molar-refractivity contribution in [1.29, 1.82) is 0 Å². The zero-order valence-corrected chi connectivity index (χ0v) is 16.0. The molecule has 1 aromatic rings. The first-order valence-electron chi connectivity index (χ1n) is 9.59. The van der Waals surface area contributed by atoms with Crippen LogP contribution in [0.25, 0.3) is 0 Å². The maximum Gasteiger partial charge on any atom is 0.416 e. The molecule has 1 spiro atoms. The first-order chi connectivity index (χ1) is 13.1. The third-order valence-corrected chi connectivity index (χ3v) is 5.31. The van der Waals surface area contributed by atoms with Crippen molar-refractivity contribution in [2.75, 3.05) is 6.61 Å². The Morgan fingerprint density at radius 3 is 2.29 bits per heavy atom. The Bertz CT molecular complexity index is 725. The summed E-state index contributed by atoms with van der Waals surface area (Å²) in [4.78, 5) is 27.4. The molecule has 1 aliphatic heterocycles. The van der Waals surface area contributed by atoms with Gasteiger partial charge in [-0.2, -0.15) is 13.2 Å². The lowest BCUT2D eigenvalue weighted by molar-refractivity contribution is -0.137. The topological polar surface area (TPSA) is 58.6 Å². The average Bonchev–Trinajstić information content (AvgIpc) is 2.99. The van der Waals surface area contributed by atoms with Crippen molar-refractivity contribution < 1.29 is 27.5 Å². The number of carbonyl (C=O) groups excluding carboxylic acids is 2. The van der Waals surface area contributed by atoms with Gasteiger partial charge >= 0.3 is 6.18 Å². The van der Waals surface area contributed by atoms with Crippen LogP contribution in [0.15, 0.2) is 24.3 Å². The van der Waals surface area contributed by atoms with Gasteiger partial charge in [-0.1, -0.05) is 6.42 Å². The van der Waals surface area contributed by atoms with Crippen molar-refractivity contribution in [2.24, 2.45) is 0 Å². The molecular weight excluding hydrogens is 373 g/mol. The smallest absolute Gasteiger partial charge is 0.353 e. The van der Waals surface area contributed by atoms with Crippen molar-refractivity contribution in [3.63, 3.8) is 0 Å². The van der Waals surface area contributed by atoms with Gasteiger partial charge in [-0.15, -0.1) is 0 Å². The van der Waals surface area contributed by atoms with E-state index in [0.29, 0.717) is 12.8 Å². The second kappa shape index (κ2) is 7.73. The number of nitrogens with one attached hydrogen (secondary N) is 1. The second-order valence-corrected chi connectivity index (χ2v) is 7.75. The predicted molar refractivity (Wildman–Crippen MR) is 96.4 cm³/mol. The fraction of sp³-hybridized carbons (Fsp3) is 0.600. The van der Waals surface area contributed by atoms with E-state index in [2.05, 4.69) is 5.32 Å². The maximum absolute atomic E-state index is 13.3. The Morgan fingerprint density at radius 1 is 1.14 bits per heavy atom. The zero-order valence-electron chi connectivity index (χ0n) is 16.0. The van der Waals surface area contributed by atoms with Gasteiger partial charge in [-0.05, 0) is 63.8 Å². The highest BCUT2D eigenvalue weighted by atomic mass is 19.4. The molecule has 28 heavy (non-hydrogen) atoms. The van der Waals surface area contributed by atoms with Gasteiger partial charge in [0.25, 0.3) is 5.91 Å². The molecular formula is C20H25F3N2O3. The van der Waals surface area contributed by atoms with E-state index in [1.807, 2.05) is 13.8 Å². The average molecular weight is 398 g/mol. The number of rotatable bonds is 3. The van der Waals surface area contributed by atoms with Crippen molar-refractivity contribution in [3.8, 4) is 0 Å². The molecule has 3 rings (SSSR count). The maximum atomic E-state index is 13.3. The molecule has 8 heteroatoms. The molecule has 1 heterocycles. The standard InChI is InChI=1S/C20H25F3N2O3/c1-13(2)24-17(26)16-12-28-19(10-4-3-5-11-19)25(16)18(27)14-6-8-15(9-7-14)20(21,22)23/h6-9,13,16H,3-5,10-12H2,1-2H3,(H,24,26)/t16-/m0/s1. The molecule has 5 nitrogen and oxygen atoms in total. The van der Waals surface area contributed by atoms with E-state index in [9.17, 15) is 22.8 Å². The number of benzene rings is 1. The van der Waals surface area contributed by atoms with Crippen LogP contribution in [0.5, 0.6) is 0 Å². The summed E-state index contributed by atoms with van der Waals surface area (Å²) in [5.74, 6) is -0.783. The Hall–Kier alpha value is -2.09. The Kier molecular flexibility index (Phi) is 5.70. The first-order valence-corrected chi connectivity index (χ1v) is 9.59. The van der Waals surface area contributed by atoms with Gasteiger partial charge in [0.1, 0.15) is 11.8 Å². The van der Waals surface area contributed by atoms with Gasteiger partial charge in [0, 0.05) is 11.6 Å². The van der Waals surface area contributed by atoms with Gasteiger partial charge in [-0.25, -0.2) is 0 Å². The summed E-state index contributed by atoms with van der Waals surface area (Å²) in [7, 11) is 0. The molecule has 1 aliphatic carbocycles. The summed E-state index contributed by atoms with van der Waals surface area (Å²) in [6, 6.07) is 3.21. The van der Waals surface area contributed by atoms with Crippen molar-refractivity contribution in [1.82, 2.24) is 10.2 Å². The first kappa shape index (κ1) is 20.6. The summed E-state index contributed by atoms with van der Waals surface area (Å²) in [6.45, 7) is 3.74. The highest BCUT2D eigenvalue weighted by molar-refractivity contribution is 5.98. The predicted octanol–water partition coefficient (Wildman–Crippen LogP) is 3.73. The van der Waals surface area contributed by atoms with E-state index in [4.69, 9.17) is 4.74 Å². The highest BCUT2D eigenvalue weighted by Gasteiger charge is 2.53. The fourth-order valence-corrected chi connectivity index (χ4v) is 3.99. The largest absolute Gasteiger partial charge is 0.416 e. The number of nitrogens with zero attached hydrogens (tertiary/aromatic N) is 1. The van der Waals surface area contributed by atoms with Crippen LogP contribution < -0.4 is 5.32 Å². The van der Waals surface area contributed by atoms with E-state index >= 15 is 0 Å². The van der Waals surface area contributed by atoms with Crippen LogP contribution in [0, 0.1) is 0 Å². The summed E-state index contributed by atoms with van der Waals surface area (Å²) in [6.07, 6.45) is -0.473. The number of hydrogen-bond acceptors (Lipinski definition) is 3. The molecule has 0 radical (unpaired) electrons. The monoisotopic (exact) mass is 398 g/mol. The van der Waals surface area contributed by atoms with Crippen LogP contribution >= 0.6 is 0 Å². The minimum Gasteiger partial charge on any atom is -0.353 e. The molecule has 2 fully saturated rings. The van der Waals surface area contributed by atoms with Gasteiger partial charge in [0.05, 0.1) is 12.2 Å². The van der Waals surface area contributed by atoms with Crippen LogP contribution in [0.4, 0.5) is 13.2 Å². The zero-order chi connectivity index (χ0) is 20.5. The van der Waals surface area contributed by atoms with E-state index < -0.39 is 29.4 Å². The van der Waals surface area contributed by atoms with Crippen LogP contribution in [0.2, 0.25) is 0 Å². The minimum absolute atomic E-state index is 0.0882. The van der Waals surface area contributed by atoms with Crippen LogP contribution in [0.3, 0.4) is 0 Å². The van der Waals surface area contributed by atoms with Gasteiger partial charge in [-0.3, -0.25) is 14.5 Å². The molecule has 1 atom stereocenters. The molecule has 0 bridgehead atoms. The molecule has 1 saturated carbocycles. The number of hydrogen-bond donors (Lipinski definition) is 1. The Morgan fingerprint density at radius 2 is 1.75 bits per heavy atom. The third kappa shape index (κ3) is 4.01. The Balaban J connectivity index is 1.92. The SMILES string of the molecule is CC(C)NC(=O)[C@@H]1COC2(CCCCC2)N1C(=O)c1ccc(C(F)(F)F)cc1. The number of amides is 2. The fourth-order valence-electron chi connectivity index (χ4n) is 3.99. The summed E-state index contributed by atoms with van der Waals surface area (Å²) in [5.41, 5.74) is -1.56. The van der Waals surface area contributed by atoms with Crippen molar-refractivity contribution in [3.05, 3.63) is 35.4 Å². The molecule has 0 unspecified atom stereocenters. The summed E-state index contributed by atoms with van der Waals surface area (Å²) >= 11 is 0. The van der Waals surface area contributed by atoms with Gasteiger partial charge in [0.2, 0.25) is 5.91 Å². The van der Waals surface area contributed by atoms with Crippen LogP contribution in [0.1, 0.15) is 61.9 Å². The van der Waals surface area contributed by atoms with Gasteiger partial charge < -0.3 is 10.1 Å². The minimum atomic E-state index is -4.47. The normalized spacial score (nSPS) is 21.9. The van der Waals surface area contributed by atoms with E-state index in [0.717, 1.165) is 43.5 Å². The quantitative estimate of drug-likeness (QED) is 0.844. The number of halogens is 3. The summed E-state index contributed by atoms with van der Waals surface area (Å²) in [5, 5.41) is 2.81. The lowest BCUT2D eigenvalue weighted by Gasteiger charge is -2.41. The van der Waals surface area contributed by atoms with Crippen molar-refractivity contribution >= 4 is 11.8 Å². The van der Waals surface area contributed by atoms with Gasteiger partial charge in [0.15, 0.2) is 0 Å². The van der Waals surface area contributed by atoms with E-state index in [1.165, 1.54) is 4.90 Å². The van der Waals surface area contributed by atoms with Crippen LogP contribution in [-0.4, -0.2) is 41.1 Å². The third-order valence-electron chi connectivity index (χ3n) is 5.31. The molecule has 1 N–H and O–H groups in total. The molecule has 1 saturated heterocycles. The molecule has 1 aromatic carbocycles. The molecule has 2 aliphatic rings. The number of carbonyl (C=O) groups is 2. The van der Waals surface area contributed by atoms with E-state index in [-0.39, 0.29) is 24.1 Å². The van der Waals surface area contributed by atoms with Crippen LogP contribution in [-0.2, 0) is 15.7 Å². The second-order valence-electron chi connectivity index (χ2n) is 7.75. The number of alkyl halides is 3. The lowest BCUT2D eigenvalue weighted by Crippen LogP contribution is -2.57. The Labute approximate surface area is 162 Å². The molecule has 2 amide bonds. The molecule has 154 valence electrons. The highest BCUT2D eigenvalue weighted by Crippen LogP contribution is 2.41. The summed E-state index contributed by atoms with van der Waals surface area (Å²) < 4.78 is 44.5. The van der Waals surface area contributed by atoms with Crippen molar-refractivity contribution in [2.45, 2.75) is 69.9 Å². The lowest BCUT2D eigenvalue weighted by atomic mass is 9.89. The number of ether oxygens (including phenoxy) is 1. The van der Waals surface area contributed by atoms with E-state index in [1.54, 1.807) is 0 Å².